The molecule has 56 valence electrons. The molecule has 0 fully saturated rings. The van der Waals surface area contributed by atoms with Crippen LogP contribution in [0.3, 0.4) is 0 Å². The summed E-state index contributed by atoms with van der Waals surface area (Å²) in [6.45, 7) is 0. The van der Waals surface area contributed by atoms with Crippen molar-refractivity contribution < 1.29 is 0 Å². The smallest absolute Gasteiger partial charge is 0.191 e. The van der Waals surface area contributed by atoms with Gasteiger partial charge in [0.25, 0.3) is 0 Å². The Hall–Kier alpha value is -1.68. The minimum absolute atomic E-state index is 0.329. The van der Waals surface area contributed by atoms with Gasteiger partial charge >= 0.3 is 0 Å². The van der Waals surface area contributed by atoms with E-state index < -0.39 is 0 Å². The maximum atomic E-state index is 8.64. The minimum atomic E-state index is -0.329. The van der Waals surface area contributed by atoms with Gasteiger partial charge in [0.15, 0.2) is 6.17 Å². The van der Waals surface area contributed by atoms with Crippen LogP contribution in [-0.2, 0) is 0 Å². The average molecular weight is 148 g/mol. The number of allylic oxidation sites excluding steroid dienone is 1. The molecule has 1 rings (SSSR count). The molecule has 0 aromatic heterocycles. The molecule has 0 saturated heterocycles. The zero-order valence-electron chi connectivity index (χ0n) is 6.44. The van der Waals surface area contributed by atoms with Crippen molar-refractivity contribution in [3.8, 4) is 12.1 Å². The van der Waals surface area contributed by atoms with Crippen LogP contribution in [0.25, 0.3) is 0 Å². The SMILES string of the molecule is CN1C=C(C#N)N(C)C1C#N. The van der Waals surface area contributed by atoms with Crippen molar-refractivity contribution in [2.75, 3.05) is 14.1 Å². The van der Waals surface area contributed by atoms with Gasteiger partial charge in [0, 0.05) is 20.3 Å². The van der Waals surface area contributed by atoms with E-state index in [1.807, 2.05) is 6.07 Å². The molecule has 0 spiro atoms. The molecule has 4 nitrogen and oxygen atoms in total. The molecule has 0 aliphatic carbocycles. The van der Waals surface area contributed by atoms with Gasteiger partial charge in [0.1, 0.15) is 17.8 Å². The van der Waals surface area contributed by atoms with Gasteiger partial charge in [0.05, 0.1) is 0 Å². The first kappa shape index (κ1) is 7.43. The molecular formula is C7H8N4. The van der Waals surface area contributed by atoms with Gasteiger partial charge in [-0.1, -0.05) is 0 Å². The molecule has 0 bridgehead atoms. The van der Waals surface area contributed by atoms with Crippen LogP contribution < -0.4 is 0 Å². The molecule has 0 amide bonds. The molecule has 0 N–H and O–H groups in total. The average Bonchev–Trinajstić information content (AvgIpc) is 2.26. The third-order valence-corrected chi connectivity index (χ3v) is 1.69. The summed E-state index contributed by atoms with van der Waals surface area (Å²) in [6, 6.07) is 4.08. The molecule has 1 aliphatic rings. The fourth-order valence-electron chi connectivity index (χ4n) is 1.04. The first-order chi connectivity index (χ1) is 5.20. The number of hydrogen-bond donors (Lipinski definition) is 0. The second kappa shape index (κ2) is 2.51. The Bertz CT molecular complexity index is 267. The maximum absolute atomic E-state index is 8.64. The first-order valence-corrected chi connectivity index (χ1v) is 3.17. The van der Waals surface area contributed by atoms with Crippen molar-refractivity contribution in [2.45, 2.75) is 6.17 Å². The summed E-state index contributed by atoms with van der Waals surface area (Å²) in [4.78, 5) is 3.35. The van der Waals surface area contributed by atoms with Gasteiger partial charge in [0.2, 0.25) is 0 Å². The van der Waals surface area contributed by atoms with Gasteiger partial charge in [-0.2, -0.15) is 10.5 Å². The van der Waals surface area contributed by atoms with Gasteiger partial charge in [-0.25, -0.2) is 0 Å². The fourth-order valence-corrected chi connectivity index (χ4v) is 1.04. The Balaban J connectivity index is 2.88. The highest BCUT2D eigenvalue weighted by molar-refractivity contribution is 5.25. The summed E-state index contributed by atoms with van der Waals surface area (Å²) < 4.78 is 0. The van der Waals surface area contributed by atoms with Crippen LogP contribution >= 0.6 is 0 Å². The van der Waals surface area contributed by atoms with Crippen LogP contribution in [0.4, 0.5) is 0 Å². The van der Waals surface area contributed by atoms with E-state index in [9.17, 15) is 0 Å². The van der Waals surface area contributed by atoms with E-state index in [1.54, 1.807) is 30.1 Å². The minimum Gasteiger partial charge on any atom is -0.346 e. The molecule has 4 heteroatoms. The lowest BCUT2D eigenvalue weighted by molar-refractivity contribution is 0.259. The van der Waals surface area contributed by atoms with E-state index >= 15 is 0 Å². The van der Waals surface area contributed by atoms with Crippen LogP contribution in [0.5, 0.6) is 0 Å². The van der Waals surface area contributed by atoms with E-state index in [0.29, 0.717) is 5.70 Å². The van der Waals surface area contributed by atoms with Crippen molar-refractivity contribution in [3.05, 3.63) is 11.9 Å². The molecule has 0 radical (unpaired) electrons. The summed E-state index contributed by atoms with van der Waals surface area (Å²) in [7, 11) is 3.50. The lowest BCUT2D eigenvalue weighted by Crippen LogP contribution is -2.33. The number of rotatable bonds is 0. The number of nitriles is 2. The Morgan fingerprint density at radius 1 is 1.45 bits per heavy atom. The van der Waals surface area contributed by atoms with Crippen molar-refractivity contribution in [2.24, 2.45) is 0 Å². The Morgan fingerprint density at radius 3 is 2.36 bits per heavy atom. The molecule has 0 aromatic rings. The highest BCUT2D eigenvalue weighted by atomic mass is 15.4. The summed E-state index contributed by atoms with van der Waals surface area (Å²) in [5.74, 6) is 0. The lowest BCUT2D eigenvalue weighted by Gasteiger charge is -2.20. The molecule has 1 atom stereocenters. The van der Waals surface area contributed by atoms with Crippen LogP contribution in [0, 0.1) is 22.7 Å². The predicted octanol–water partition coefficient (Wildman–Crippen LogP) is 0.0783. The van der Waals surface area contributed by atoms with Gasteiger partial charge in [-0.05, 0) is 0 Å². The monoisotopic (exact) mass is 148 g/mol. The normalized spacial score (nSPS) is 22.5. The molecule has 1 heterocycles. The second-order valence-corrected chi connectivity index (χ2v) is 2.41. The summed E-state index contributed by atoms with van der Waals surface area (Å²) in [6.07, 6.45) is 1.33. The van der Waals surface area contributed by atoms with Crippen molar-refractivity contribution >= 4 is 0 Å². The van der Waals surface area contributed by atoms with Gasteiger partial charge < -0.3 is 9.80 Å². The van der Waals surface area contributed by atoms with Crippen LogP contribution in [-0.4, -0.2) is 30.1 Å². The Morgan fingerprint density at radius 2 is 2.09 bits per heavy atom. The topological polar surface area (TPSA) is 54.1 Å². The summed E-state index contributed by atoms with van der Waals surface area (Å²) in [5.41, 5.74) is 0.527. The van der Waals surface area contributed by atoms with E-state index in [4.69, 9.17) is 10.5 Å². The third-order valence-electron chi connectivity index (χ3n) is 1.69. The molecule has 0 aromatic carbocycles. The van der Waals surface area contributed by atoms with Crippen LogP contribution in [0.1, 0.15) is 0 Å². The van der Waals surface area contributed by atoms with Crippen molar-refractivity contribution in [1.29, 1.82) is 10.5 Å². The number of hydrogen-bond acceptors (Lipinski definition) is 4. The van der Waals surface area contributed by atoms with Crippen LogP contribution in [0.2, 0.25) is 0 Å². The maximum Gasteiger partial charge on any atom is 0.191 e. The summed E-state index contributed by atoms with van der Waals surface area (Å²) >= 11 is 0. The summed E-state index contributed by atoms with van der Waals surface area (Å²) in [5, 5.41) is 17.2. The first-order valence-electron chi connectivity index (χ1n) is 3.17. The Labute approximate surface area is 65.5 Å². The van der Waals surface area contributed by atoms with E-state index in [0.717, 1.165) is 0 Å². The van der Waals surface area contributed by atoms with Gasteiger partial charge in [-0.15, -0.1) is 0 Å². The molecule has 11 heavy (non-hydrogen) atoms. The van der Waals surface area contributed by atoms with E-state index in [-0.39, 0.29) is 6.17 Å². The van der Waals surface area contributed by atoms with E-state index in [1.165, 1.54) is 0 Å². The quantitative estimate of drug-likeness (QED) is 0.488. The van der Waals surface area contributed by atoms with E-state index in [2.05, 4.69) is 6.07 Å². The number of nitrogens with zero attached hydrogens (tertiary/aromatic N) is 4. The Kier molecular flexibility index (Phi) is 1.70. The molecule has 1 unspecified atom stereocenters. The van der Waals surface area contributed by atoms with Gasteiger partial charge in [-0.3, -0.25) is 0 Å². The zero-order valence-corrected chi connectivity index (χ0v) is 6.44. The van der Waals surface area contributed by atoms with Crippen LogP contribution in [0.15, 0.2) is 11.9 Å². The second-order valence-electron chi connectivity index (χ2n) is 2.41. The standard InChI is InChI=1S/C7H8N4/c1-10-5-6(3-8)11(2)7(10)4-9/h5,7H,1-2H3. The molecule has 0 saturated carbocycles. The highest BCUT2D eigenvalue weighted by Gasteiger charge is 2.25. The van der Waals surface area contributed by atoms with Crippen molar-refractivity contribution in [1.82, 2.24) is 9.80 Å². The zero-order chi connectivity index (χ0) is 8.43. The van der Waals surface area contributed by atoms with Crippen molar-refractivity contribution in [3.63, 3.8) is 0 Å². The third kappa shape index (κ3) is 0.990. The highest BCUT2D eigenvalue weighted by Crippen LogP contribution is 2.17. The molecule has 1 aliphatic heterocycles. The largest absolute Gasteiger partial charge is 0.346 e. The molecular weight excluding hydrogens is 140 g/mol. The fraction of sp³-hybridized carbons (Fsp3) is 0.429. The predicted molar refractivity (Wildman–Crippen MR) is 38.6 cm³/mol. The lowest BCUT2D eigenvalue weighted by atomic mass is 10.4.